The van der Waals surface area contributed by atoms with Gasteiger partial charge in [-0.1, -0.05) is 54.8 Å². The Hall–Kier alpha value is -1.70. The molecule has 0 atom stereocenters. The molecule has 1 aromatic carbocycles. The van der Waals surface area contributed by atoms with Gasteiger partial charge in [0.25, 0.3) is 0 Å². The van der Waals surface area contributed by atoms with Crippen LogP contribution in [0, 0.1) is 0 Å². The van der Waals surface area contributed by atoms with Gasteiger partial charge in [0.2, 0.25) is 5.91 Å². The Bertz CT molecular complexity index is 970. The van der Waals surface area contributed by atoms with Crippen molar-refractivity contribution in [1.29, 1.82) is 0 Å². The summed E-state index contributed by atoms with van der Waals surface area (Å²) in [5, 5.41) is 1.50. The Morgan fingerprint density at radius 2 is 1.96 bits per heavy atom. The average molecular weight is 433 g/mol. The minimum Gasteiger partial charge on any atom is -0.342 e. The van der Waals surface area contributed by atoms with Gasteiger partial charge in [0.05, 0.1) is 5.75 Å². The number of hydrogen-bond acceptors (Lipinski definition) is 6. The summed E-state index contributed by atoms with van der Waals surface area (Å²) >= 11 is 8.83. The summed E-state index contributed by atoms with van der Waals surface area (Å²) in [6.45, 7) is 0. The van der Waals surface area contributed by atoms with Crippen molar-refractivity contribution in [2.75, 3.05) is 12.8 Å². The van der Waals surface area contributed by atoms with Crippen LogP contribution in [-0.4, -0.2) is 44.0 Å². The topological polar surface area (TPSA) is 59.0 Å². The lowest BCUT2D eigenvalue weighted by Gasteiger charge is -2.31. The summed E-state index contributed by atoms with van der Waals surface area (Å²) in [4.78, 5) is 23.4. The highest BCUT2D eigenvalue weighted by atomic mass is 35.5. The molecule has 2 aromatic heterocycles. The molecule has 1 aliphatic rings. The maximum Gasteiger partial charge on any atom is 0.232 e. The van der Waals surface area contributed by atoms with Gasteiger partial charge in [0.1, 0.15) is 27.3 Å². The lowest BCUT2D eigenvalue weighted by molar-refractivity contribution is -0.129. The molecule has 3 aromatic rings. The minimum atomic E-state index is 0.158. The van der Waals surface area contributed by atoms with E-state index in [2.05, 4.69) is 14.3 Å². The van der Waals surface area contributed by atoms with Crippen molar-refractivity contribution in [3.05, 3.63) is 35.6 Å². The summed E-state index contributed by atoms with van der Waals surface area (Å²) in [5.74, 6) is 0.541. The van der Waals surface area contributed by atoms with E-state index in [1.54, 1.807) is 6.33 Å². The van der Waals surface area contributed by atoms with Crippen LogP contribution in [0.25, 0.3) is 21.5 Å². The number of halogens is 1. The number of carbonyl (C=O) groups excluding carboxylic acids is 1. The first-order chi connectivity index (χ1) is 13.6. The van der Waals surface area contributed by atoms with Gasteiger partial charge in [0, 0.05) is 23.7 Å². The highest BCUT2D eigenvalue weighted by Gasteiger charge is 2.23. The van der Waals surface area contributed by atoms with Crippen molar-refractivity contribution in [3.63, 3.8) is 0 Å². The van der Waals surface area contributed by atoms with Gasteiger partial charge >= 0.3 is 0 Å². The molecule has 0 unspecified atom stereocenters. The molecule has 8 heteroatoms. The molecule has 28 heavy (non-hydrogen) atoms. The SMILES string of the molecule is CN(C(=O)CSc1ncnc2c(-c3ccc(Cl)cc3)nsc12)C1CCCCC1. The fourth-order valence-electron chi connectivity index (χ4n) is 3.55. The number of nitrogens with zero attached hydrogens (tertiary/aromatic N) is 4. The van der Waals surface area contributed by atoms with Gasteiger partial charge in [0.15, 0.2) is 0 Å². The van der Waals surface area contributed by atoms with Crippen LogP contribution in [-0.2, 0) is 4.79 Å². The molecule has 1 fully saturated rings. The predicted octanol–water partition coefficient (Wildman–Crippen LogP) is 5.29. The molecular formula is C20H21ClN4OS2. The van der Waals surface area contributed by atoms with Crippen molar-refractivity contribution in [2.24, 2.45) is 0 Å². The van der Waals surface area contributed by atoms with E-state index in [1.165, 1.54) is 42.6 Å². The van der Waals surface area contributed by atoms with Gasteiger partial charge in [-0.05, 0) is 36.5 Å². The van der Waals surface area contributed by atoms with Crippen molar-refractivity contribution in [2.45, 2.75) is 43.2 Å². The van der Waals surface area contributed by atoms with Crippen LogP contribution in [0.15, 0.2) is 35.6 Å². The summed E-state index contributed by atoms with van der Waals surface area (Å²) in [6, 6.07) is 7.95. The molecule has 0 spiro atoms. The lowest BCUT2D eigenvalue weighted by atomic mass is 9.94. The first-order valence-electron chi connectivity index (χ1n) is 9.38. The van der Waals surface area contributed by atoms with Crippen molar-refractivity contribution in [3.8, 4) is 11.3 Å². The Morgan fingerprint density at radius 1 is 1.21 bits per heavy atom. The van der Waals surface area contributed by atoms with E-state index < -0.39 is 0 Å². The highest BCUT2D eigenvalue weighted by Crippen LogP contribution is 2.35. The monoisotopic (exact) mass is 432 g/mol. The van der Waals surface area contributed by atoms with E-state index in [0.717, 1.165) is 39.3 Å². The van der Waals surface area contributed by atoms with Crippen LogP contribution < -0.4 is 0 Å². The molecule has 4 rings (SSSR count). The average Bonchev–Trinajstić information content (AvgIpc) is 3.17. The number of thioether (sulfide) groups is 1. The molecule has 1 amide bonds. The van der Waals surface area contributed by atoms with Crippen molar-refractivity contribution >= 4 is 51.0 Å². The molecule has 0 N–H and O–H groups in total. The molecule has 0 radical (unpaired) electrons. The molecule has 146 valence electrons. The molecular weight excluding hydrogens is 412 g/mol. The zero-order chi connectivity index (χ0) is 19.5. The highest BCUT2D eigenvalue weighted by molar-refractivity contribution is 8.00. The Kier molecular flexibility index (Phi) is 6.13. The van der Waals surface area contributed by atoms with Crippen LogP contribution in [0.1, 0.15) is 32.1 Å². The number of benzene rings is 1. The smallest absolute Gasteiger partial charge is 0.232 e. The second kappa shape index (κ2) is 8.76. The molecule has 0 aliphatic heterocycles. The maximum atomic E-state index is 12.6. The standard InChI is InChI=1S/C20H21ClN4OS2/c1-25(15-5-3-2-4-6-15)16(26)11-27-20-19-18(22-12-23-20)17(24-28-19)13-7-9-14(21)10-8-13/h7-10,12,15H,2-6,11H2,1H3. The van der Waals surface area contributed by atoms with Gasteiger partial charge in [-0.3, -0.25) is 4.79 Å². The number of amides is 1. The number of fused-ring (bicyclic) bond motifs is 1. The van der Waals surface area contributed by atoms with E-state index in [-0.39, 0.29) is 5.91 Å². The normalized spacial score (nSPS) is 15.1. The Morgan fingerprint density at radius 3 is 2.71 bits per heavy atom. The van der Waals surface area contributed by atoms with E-state index in [9.17, 15) is 4.79 Å². The predicted molar refractivity (Wildman–Crippen MR) is 116 cm³/mol. The van der Waals surface area contributed by atoms with Crippen LogP contribution in [0.4, 0.5) is 0 Å². The Balaban J connectivity index is 1.50. The molecule has 0 saturated heterocycles. The van der Waals surface area contributed by atoms with E-state index in [1.807, 2.05) is 36.2 Å². The maximum absolute atomic E-state index is 12.6. The Labute approximate surface area is 177 Å². The summed E-state index contributed by atoms with van der Waals surface area (Å²) in [5.41, 5.74) is 2.61. The van der Waals surface area contributed by atoms with E-state index in [4.69, 9.17) is 11.6 Å². The fourth-order valence-corrected chi connectivity index (χ4v) is 5.52. The molecule has 0 bridgehead atoms. The second-order valence-corrected chi connectivity index (χ2v) is 9.15. The number of aromatic nitrogens is 3. The molecule has 2 heterocycles. The number of rotatable bonds is 5. The third-order valence-electron chi connectivity index (χ3n) is 5.19. The molecule has 5 nitrogen and oxygen atoms in total. The number of carbonyl (C=O) groups is 1. The van der Waals surface area contributed by atoms with Crippen LogP contribution >= 0.6 is 34.9 Å². The molecule has 1 saturated carbocycles. The second-order valence-electron chi connectivity index (χ2n) is 6.98. The van der Waals surface area contributed by atoms with Gasteiger partial charge in [-0.15, -0.1) is 0 Å². The molecule has 1 aliphatic carbocycles. The number of hydrogen-bond donors (Lipinski definition) is 0. The van der Waals surface area contributed by atoms with Crippen molar-refractivity contribution in [1.82, 2.24) is 19.2 Å². The third-order valence-corrected chi connectivity index (χ3v) is 7.39. The van der Waals surface area contributed by atoms with E-state index in [0.29, 0.717) is 16.8 Å². The van der Waals surface area contributed by atoms with Crippen LogP contribution in [0.5, 0.6) is 0 Å². The van der Waals surface area contributed by atoms with Crippen LogP contribution in [0.3, 0.4) is 0 Å². The third kappa shape index (κ3) is 4.16. The van der Waals surface area contributed by atoms with Gasteiger partial charge in [-0.2, -0.15) is 4.37 Å². The zero-order valence-electron chi connectivity index (χ0n) is 15.6. The van der Waals surface area contributed by atoms with Crippen LogP contribution in [0.2, 0.25) is 5.02 Å². The largest absolute Gasteiger partial charge is 0.342 e. The van der Waals surface area contributed by atoms with Gasteiger partial charge < -0.3 is 4.90 Å². The summed E-state index contributed by atoms with van der Waals surface area (Å²) in [6.07, 6.45) is 7.50. The first kappa shape index (κ1) is 19.6. The van der Waals surface area contributed by atoms with E-state index >= 15 is 0 Å². The quantitative estimate of drug-likeness (QED) is 0.405. The fraction of sp³-hybridized carbons (Fsp3) is 0.400. The lowest BCUT2D eigenvalue weighted by Crippen LogP contribution is -2.39. The summed E-state index contributed by atoms with van der Waals surface area (Å²) in [7, 11) is 1.93. The van der Waals surface area contributed by atoms with Gasteiger partial charge in [-0.25, -0.2) is 9.97 Å². The first-order valence-corrected chi connectivity index (χ1v) is 11.5. The van der Waals surface area contributed by atoms with Crippen molar-refractivity contribution < 1.29 is 4.79 Å². The minimum absolute atomic E-state index is 0.158. The zero-order valence-corrected chi connectivity index (χ0v) is 18.0. The summed E-state index contributed by atoms with van der Waals surface area (Å²) < 4.78 is 5.50.